The molecule has 6 heteroatoms. The van der Waals surface area contributed by atoms with Crippen LogP contribution in [0.15, 0.2) is 48.5 Å². The van der Waals surface area contributed by atoms with E-state index in [1.54, 1.807) is 11.8 Å². The van der Waals surface area contributed by atoms with Crippen LogP contribution in [-0.4, -0.2) is 35.1 Å². The minimum atomic E-state index is -0.538. The maximum atomic E-state index is 13.1. The third-order valence-corrected chi connectivity index (χ3v) is 5.93. The molecule has 0 radical (unpaired) electrons. The molecule has 0 fully saturated rings. The van der Waals surface area contributed by atoms with Gasteiger partial charge >= 0.3 is 0 Å². The molecule has 30 heavy (non-hydrogen) atoms. The fraction of sp³-hybridized carbons (Fsp3) is 0.417. The molecule has 162 valence electrons. The first-order valence-corrected chi connectivity index (χ1v) is 11.7. The Balaban J connectivity index is 2.05. The van der Waals surface area contributed by atoms with Crippen LogP contribution >= 0.6 is 23.4 Å². The minimum Gasteiger partial charge on any atom is -0.354 e. The molecule has 0 saturated carbocycles. The first-order chi connectivity index (χ1) is 14.3. The lowest BCUT2D eigenvalue weighted by Crippen LogP contribution is -2.48. The number of carbonyl (C=O) groups excluding carboxylic acids is 2. The number of benzene rings is 2. The number of rotatable bonds is 10. The van der Waals surface area contributed by atoms with E-state index in [0.717, 1.165) is 16.7 Å². The van der Waals surface area contributed by atoms with Gasteiger partial charge in [-0.1, -0.05) is 67.4 Å². The van der Waals surface area contributed by atoms with Crippen molar-refractivity contribution in [1.29, 1.82) is 0 Å². The number of hydrogen-bond donors (Lipinski definition) is 1. The minimum absolute atomic E-state index is 0.0465. The summed E-state index contributed by atoms with van der Waals surface area (Å²) in [6.45, 7) is 8.93. The second kappa shape index (κ2) is 12.0. The molecule has 0 aliphatic heterocycles. The molecule has 4 nitrogen and oxygen atoms in total. The first-order valence-electron chi connectivity index (χ1n) is 10.2. The van der Waals surface area contributed by atoms with E-state index < -0.39 is 6.04 Å². The van der Waals surface area contributed by atoms with Crippen molar-refractivity contribution in [3.63, 3.8) is 0 Å². The summed E-state index contributed by atoms with van der Waals surface area (Å²) < 4.78 is 0. The van der Waals surface area contributed by atoms with Crippen LogP contribution in [0.2, 0.25) is 5.02 Å². The Morgan fingerprint density at radius 2 is 1.77 bits per heavy atom. The van der Waals surface area contributed by atoms with Gasteiger partial charge in [-0.2, -0.15) is 0 Å². The van der Waals surface area contributed by atoms with Gasteiger partial charge < -0.3 is 10.2 Å². The molecule has 2 amide bonds. The van der Waals surface area contributed by atoms with Crippen molar-refractivity contribution in [3.05, 3.63) is 70.2 Å². The van der Waals surface area contributed by atoms with Gasteiger partial charge in [0, 0.05) is 23.9 Å². The van der Waals surface area contributed by atoms with Crippen LogP contribution in [0.1, 0.15) is 37.5 Å². The van der Waals surface area contributed by atoms with Crippen LogP contribution in [0.4, 0.5) is 0 Å². The molecule has 1 N–H and O–H groups in total. The number of halogens is 1. The van der Waals surface area contributed by atoms with Crippen LogP contribution in [0.25, 0.3) is 0 Å². The van der Waals surface area contributed by atoms with Gasteiger partial charge in [0.25, 0.3) is 0 Å². The summed E-state index contributed by atoms with van der Waals surface area (Å²) in [5, 5.41) is 3.64. The van der Waals surface area contributed by atoms with Crippen LogP contribution in [0.3, 0.4) is 0 Å². The van der Waals surface area contributed by atoms with E-state index in [9.17, 15) is 9.59 Å². The highest BCUT2D eigenvalue weighted by Gasteiger charge is 2.26. The van der Waals surface area contributed by atoms with Crippen LogP contribution < -0.4 is 5.32 Å². The molecular formula is C24H31ClN2O2S. The second-order valence-corrected chi connectivity index (χ2v) is 9.37. The molecule has 2 aromatic rings. The van der Waals surface area contributed by atoms with Gasteiger partial charge in [-0.25, -0.2) is 0 Å². The SMILES string of the molecule is Cc1ccc(CN(C(=O)CSCc2cccc(Cl)c2)C(C)C(=O)NCC(C)C)cc1. The topological polar surface area (TPSA) is 49.4 Å². The lowest BCUT2D eigenvalue weighted by atomic mass is 10.1. The predicted octanol–water partition coefficient (Wildman–Crippen LogP) is 5.07. The van der Waals surface area contributed by atoms with Gasteiger partial charge in [-0.3, -0.25) is 9.59 Å². The van der Waals surface area contributed by atoms with E-state index >= 15 is 0 Å². The van der Waals surface area contributed by atoms with Crippen molar-refractivity contribution < 1.29 is 9.59 Å². The maximum absolute atomic E-state index is 13.1. The normalized spacial score (nSPS) is 11.9. The zero-order valence-corrected chi connectivity index (χ0v) is 19.7. The van der Waals surface area contributed by atoms with E-state index in [2.05, 4.69) is 5.32 Å². The monoisotopic (exact) mass is 446 g/mol. The van der Waals surface area contributed by atoms with Crippen LogP contribution in [0.5, 0.6) is 0 Å². The Hall–Kier alpha value is -1.98. The van der Waals surface area contributed by atoms with Gasteiger partial charge in [-0.15, -0.1) is 11.8 Å². The molecule has 0 bridgehead atoms. The number of amides is 2. The molecule has 0 aromatic heterocycles. The third kappa shape index (κ3) is 8.04. The van der Waals surface area contributed by atoms with E-state index in [1.165, 1.54) is 11.8 Å². The molecule has 0 aliphatic carbocycles. The van der Waals surface area contributed by atoms with Crippen molar-refractivity contribution in [1.82, 2.24) is 10.2 Å². The molecule has 0 spiro atoms. The van der Waals surface area contributed by atoms with E-state index in [4.69, 9.17) is 11.6 Å². The molecule has 1 unspecified atom stereocenters. The zero-order valence-electron chi connectivity index (χ0n) is 18.2. The highest BCUT2D eigenvalue weighted by atomic mass is 35.5. The standard InChI is InChI=1S/C24H31ClN2O2S/c1-17(2)13-26-24(29)19(4)27(14-20-10-8-18(3)9-11-20)23(28)16-30-15-21-6-5-7-22(25)12-21/h5-12,17,19H,13-16H2,1-4H3,(H,26,29). The number of aryl methyl sites for hydroxylation is 1. The molecule has 2 aromatic carbocycles. The quantitative estimate of drug-likeness (QED) is 0.554. The Kier molecular flexibility index (Phi) is 9.73. The number of hydrogen-bond acceptors (Lipinski definition) is 3. The second-order valence-electron chi connectivity index (χ2n) is 7.94. The van der Waals surface area contributed by atoms with E-state index in [0.29, 0.717) is 35.5 Å². The third-order valence-electron chi connectivity index (χ3n) is 4.71. The van der Waals surface area contributed by atoms with E-state index in [-0.39, 0.29) is 11.8 Å². The summed E-state index contributed by atoms with van der Waals surface area (Å²) >= 11 is 7.57. The first kappa shape index (κ1) is 24.3. The van der Waals surface area contributed by atoms with Crippen molar-refractivity contribution in [3.8, 4) is 0 Å². The van der Waals surface area contributed by atoms with Crippen molar-refractivity contribution in [2.75, 3.05) is 12.3 Å². The van der Waals surface area contributed by atoms with Crippen LogP contribution in [0, 0.1) is 12.8 Å². The van der Waals surface area contributed by atoms with Crippen molar-refractivity contribution in [2.24, 2.45) is 5.92 Å². The van der Waals surface area contributed by atoms with Gasteiger partial charge in [0.1, 0.15) is 6.04 Å². The molecule has 0 saturated heterocycles. The molecular weight excluding hydrogens is 416 g/mol. The highest BCUT2D eigenvalue weighted by molar-refractivity contribution is 7.99. The average Bonchev–Trinajstić information content (AvgIpc) is 2.71. The Labute approximate surface area is 189 Å². The van der Waals surface area contributed by atoms with E-state index in [1.807, 2.05) is 69.3 Å². The number of carbonyl (C=O) groups is 2. The molecule has 2 rings (SSSR count). The largest absolute Gasteiger partial charge is 0.354 e. The van der Waals surface area contributed by atoms with Gasteiger partial charge in [0.2, 0.25) is 11.8 Å². The Morgan fingerprint density at radius 1 is 1.07 bits per heavy atom. The van der Waals surface area contributed by atoms with Crippen LogP contribution in [-0.2, 0) is 21.9 Å². The van der Waals surface area contributed by atoms with Gasteiger partial charge in [-0.05, 0) is 43.0 Å². The average molecular weight is 447 g/mol. The molecule has 0 aliphatic rings. The summed E-state index contributed by atoms with van der Waals surface area (Å²) in [4.78, 5) is 27.4. The fourth-order valence-electron chi connectivity index (χ4n) is 2.89. The van der Waals surface area contributed by atoms with Crippen molar-refractivity contribution in [2.45, 2.75) is 46.0 Å². The number of nitrogens with zero attached hydrogens (tertiary/aromatic N) is 1. The number of nitrogens with one attached hydrogen (secondary N) is 1. The van der Waals surface area contributed by atoms with Gasteiger partial charge in [0.05, 0.1) is 5.75 Å². The summed E-state index contributed by atoms with van der Waals surface area (Å²) in [6.07, 6.45) is 0. The zero-order chi connectivity index (χ0) is 22.1. The summed E-state index contributed by atoms with van der Waals surface area (Å²) in [5.41, 5.74) is 3.25. The number of thioether (sulfide) groups is 1. The smallest absolute Gasteiger partial charge is 0.242 e. The summed E-state index contributed by atoms with van der Waals surface area (Å²) in [6, 6.07) is 15.2. The maximum Gasteiger partial charge on any atom is 0.242 e. The Bertz CT molecular complexity index is 839. The fourth-order valence-corrected chi connectivity index (χ4v) is 3.96. The van der Waals surface area contributed by atoms with Gasteiger partial charge in [0.15, 0.2) is 0 Å². The van der Waals surface area contributed by atoms with Crippen molar-refractivity contribution >= 4 is 35.2 Å². The predicted molar refractivity (Wildman–Crippen MR) is 127 cm³/mol. The summed E-state index contributed by atoms with van der Waals surface area (Å²) in [5.74, 6) is 1.19. The lowest BCUT2D eigenvalue weighted by Gasteiger charge is -2.29. The lowest BCUT2D eigenvalue weighted by molar-refractivity contribution is -0.138. The molecule has 1 atom stereocenters. The highest BCUT2D eigenvalue weighted by Crippen LogP contribution is 2.18. The Morgan fingerprint density at radius 3 is 2.40 bits per heavy atom. The molecule has 0 heterocycles. The summed E-state index contributed by atoms with van der Waals surface area (Å²) in [7, 11) is 0.